The molecule has 0 unspecified atom stereocenters. The van der Waals surface area contributed by atoms with Gasteiger partial charge in [0.1, 0.15) is 17.8 Å². The molecule has 0 bridgehead atoms. The minimum Gasteiger partial charge on any atom is -0.340 e. The van der Waals surface area contributed by atoms with E-state index in [9.17, 15) is 4.79 Å². The van der Waals surface area contributed by atoms with Crippen molar-refractivity contribution in [1.29, 1.82) is 5.26 Å². The van der Waals surface area contributed by atoms with E-state index in [2.05, 4.69) is 20.6 Å². The first-order valence-corrected chi connectivity index (χ1v) is 8.16. The summed E-state index contributed by atoms with van der Waals surface area (Å²) >= 11 is 11.9. The van der Waals surface area contributed by atoms with E-state index in [1.807, 2.05) is 6.07 Å². The van der Waals surface area contributed by atoms with Crippen molar-refractivity contribution in [2.24, 2.45) is 0 Å². The lowest BCUT2D eigenvalue weighted by Crippen LogP contribution is -2.14. The third-order valence-corrected chi connectivity index (χ3v) is 3.72. The van der Waals surface area contributed by atoms with Crippen LogP contribution in [0.1, 0.15) is 16.1 Å². The molecule has 3 aromatic rings. The van der Waals surface area contributed by atoms with E-state index in [0.717, 1.165) is 0 Å². The van der Waals surface area contributed by atoms with Crippen LogP contribution in [0.5, 0.6) is 0 Å². The highest BCUT2D eigenvalue weighted by molar-refractivity contribution is 6.35. The SMILES string of the molecule is N#Cc1cccc(NC(=O)c2cc(Nc3cc(Cl)cc(Cl)c3)ncn2)c1. The lowest BCUT2D eigenvalue weighted by atomic mass is 10.2. The smallest absolute Gasteiger partial charge is 0.274 e. The molecule has 26 heavy (non-hydrogen) atoms. The fourth-order valence-corrected chi connectivity index (χ4v) is 2.71. The van der Waals surface area contributed by atoms with Crippen molar-refractivity contribution in [3.05, 3.63) is 76.2 Å². The predicted octanol–water partition coefficient (Wildman–Crippen LogP) is 4.65. The molecule has 6 nitrogen and oxygen atoms in total. The number of benzene rings is 2. The van der Waals surface area contributed by atoms with Crippen LogP contribution in [0, 0.1) is 11.3 Å². The monoisotopic (exact) mass is 383 g/mol. The number of carbonyl (C=O) groups is 1. The molecule has 0 aliphatic heterocycles. The molecule has 3 rings (SSSR count). The molecule has 0 aliphatic rings. The summed E-state index contributed by atoms with van der Waals surface area (Å²) in [5.74, 6) is -0.0103. The Kier molecular flexibility index (Phi) is 5.32. The predicted molar refractivity (Wildman–Crippen MR) is 101 cm³/mol. The highest BCUT2D eigenvalue weighted by Gasteiger charge is 2.10. The van der Waals surface area contributed by atoms with Gasteiger partial charge >= 0.3 is 0 Å². The maximum absolute atomic E-state index is 12.4. The van der Waals surface area contributed by atoms with Crippen LogP contribution in [-0.2, 0) is 0 Å². The van der Waals surface area contributed by atoms with Crippen molar-refractivity contribution in [3.63, 3.8) is 0 Å². The summed E-state index contributed by atoms with van der Waals surface area (Å²) < 4.78 is 0. The Bertz CT molecular complexity index is 996. The normalized spacial score (nSPS) is 10.0. The number of halogens is 2. The van der Waals surface area contributed by atoms with E-state index >= 15 is 0 Å². The number of nitrogens with one attached hydrogen (secondary N) is 2. The van der Waals surface area contributed by atoms with Crippen LogP contribution in [-0.4, -0.2) is 15.9 Å². The second kappa shape index (κ2) is 7.83. The maximum Gasteiger partial charge on any atom is 0.274 e. The van der Waals surface area contributed by atoms with Crippen LogP contribution in [0.15, 0.2) is 54.9 Å². The summed E-state index contributed by atoms with van der Waals surface area (Å²) in [6.07, 6.45) is 1.27. The van der Waals surface area contributed by atoms with E-state index in [-0.39, 0.29) is 5.69 Å². The molecule has 0 atom stereocenters. The lowest BCUT2D eigenvalue weighted by molar-refractivity contribution is 0.102. The van der Waals surface area contributed by atoms with Gasteiger partial charge < -0.3 is 10.6 Å². The quantitative estimate of drug-likeness (QED) is 0.683. The molecule has 128 valence electrons. The topological polar surface area (TPSA) is 90.7 Å². The largest absolute Gasteiger partial charge is 0.340 e. The third kappa shape index (κ3) is 4.48. The standard InChI is InChI=1S/C18H11Cl2N5O/c19-12-5-13(20)7-15(6-12)24-17-8-16(22-10-23-17)18(26)25-14-3-1-2-11(4-14)9-21/h1-8,10H,(H,25,26)(H,22,23,24). The number of hydrogen-bond acceptors (Lipinski definition) is 5. The van der Waals surface area contributed by atoms with Gasteiger partial charge in [-0.05, 0) is 36.4 Å². The van der Waals surface area contributed by atoms with Crippen molar-refractivity contribution < 1.29 is 4.79 Å². The third-order valence-electron chi connectivity index (χ3n) is 3.28. The molecule has 0 radical (unpaired) electrons. The molecular weight excluding hydrogens is 373 g/mol. The molecule has 8 heteroatoms. The van der Waals surface area contributed by atoms with Crippen LogP contribution in [0.2, 0.25) is 10.0 Å². The van der Waals surface area contributed by atoms with Gasteiger partial charge in [0.2, 0.25) is 0 Å². The van der Waals surface area contributed by atoms with Crippen LogP contribution in [0.3, 0.4) is 0 Å². The Labute approximate surface area is 159 Å². The molecule has 0 saturated carbocycles. The Hall–Kier alpha value is -3.14. The zero-order chi connectivity index (χ0) is 18.5. The summed E-state index contributed by atoms with van der Waals surface area (Å²) in [5.41, 5.74) is 1.75. The van der Waals surface area contributed by atoms with Crippen molar-refractivity contribution >= 4 is 46.3 Å². The molecule has 2 aromatic carbocycles. The van der Waals surface area contributed by atoms with Gasteiger partial charge in [-0.15, -0.1) is 0 Å². The van der Waals surface area contributed by atoms with E-state index in [1.165, 1.54) is 12.4 Å². The molecule has 0 saturated heterocycles. The number of anilines is 3. The van der Waals surface area contributed by atoms with Gasteiger partial charge in [-0.3, -0.25) is 4.79 Å². The van der Waals surface area contributed by atoms with Gasteiger partial charge in [-0.1, -0.05) is 29.3 Å². The number of aromatic nitrogens is 2. The number of hydrogen-bond donors (Lipinski definition) is 2. The zero-order valence-electron chi connectivity index (χ0n) is 13.2. The number of carbonyl (C=O) groups excluding carboxylic acids is 1. The Morgan fingerprint density at radius 3 is 2.50 bits per heavy atom. The summed E-state index contributed by atoms with van der Waals surface area (Å²) in [7, 11) is 0. The highest BCUT2D eigenvalue weighted by atomic mass is 35.5. The van der Waals surface area contributed by atoms with Crippen molar-refractivity contribution in [1.82, 2.24) is 9.97 Å². The first-order valence-electron chi connectivity index (χ1n) is 7.40. The van der Waals surface area contributed by atoms with E-state index < -0.39 is 5.91 Å². The molecule has 2 N–H and O–H groups in total. The first-order chi connectivity index (χ1) is 12.5. The van der Waals surface area contributed by atoms with E-state index in [0.29, 0.717) is 32.8 Å². The van der Waals surface area contributed by atoms with Gasteiger partial charge in [0.05, 0.1) is 11.6 Å². The summed E-state index contributed by atoms with van der Waals surface area (Å²) in [5, 5.41) is 15.6. The maximum atomic E-state index is 12.4. The minimum atomic E-state index is -0.422. The number of amides is 1. The molecular formula is C18H11Cl2N5O. The Morgan fingerprint density at radius 2 is 1.77 bits per heavy atom. The molecule has 0 aliphatic carbocycles. The second-order valence-corrected chi connectivity index (χ2v) is 6.09. The Balaban J connectivity index is 1.78. The zero-order valence-corrected chi connectivity index (χ0v) is 14.7. The van der Waals surface area contributed by atoms with Gasteiger partial charge in [-0.25, -0.2) is 9.97 Å². The van der Waals surface area contributed by atoms with Gasteiger partial charge in [0.15, 0.2) is 0 Å². The van der Waals surface area contributed by atoms with E-state index in [1.54, 1.807) is 42.5 Å². The Morgan fingerprint density at radius 1 is 1.00 bits per heavy atom. The van der Waals surface area contributed by atoms with Gasteiger partial charge in [0, 0.05) is 27.5 Å². The van der Waals surface area contributed by atoms with Crippen LogP contribution < -0.4 is 10.6 Å². The van der Waals surface area contributed by atoms with E-state index in [4.69, 9.17) is 28.5 Å². The number of rotatable bonds is 4. The van der Waals surface area contributed by atoms with Crippen LogP contribution >= 0.6 is 23.2 Å². The average molecular weight is 384 g/mol. The molecule has 1 aromatic heterocycles. The molecule has 1 heterocycles. The number of nitriles is 1. The summed E-state index contributed by atoms with van der Waals surface area (Å²) in [6, 6.07) is 15.1. The van der Waals surface area contributed by atoms with Crippen molar-refractivity contribution in [2.75, 3.05) is 10.6 Å². The van der Waals surface area contributed by atoms with Crippen LogP contribution in [0.4, 0.5) is 17.2 Å². The van der Waals surface area contributed by atoms with Gasteiger partial charge in [0.25, 0.3) is 5.91 Å². The summed E-state index contributed by atoms with van der Waals surface area (Å²) in [4.78, 5) is 20.4. The minimum absolute atomic E-state index is 0.165. The fraction of sp³-hybridized carbons (Fsp3) is 0. The molecule has 0 fully saturated rings. The van der Waals surface area contributed by atoms with Crippen molar-refractivity contribution in [2.45, 2.75) is 0 Å². The molecule has 1 amide bonds. The lowest BCUT2D eigenvalue weighted by Gasteiger charge is -2.08. The second-order valence-electron chi connectivity index (χ2n) is 5.22. The first kappa shape index (κ1) is 17.7. The number of nitrogens with zero attached hydrogens (tertiary/aromatic N) is 3. The average Bonchev–Trinajstić information content (AvgIpc) is 2.61. The highest BCUT2D eigenvalue weighted by Crippen LogP contribution is 2.24. The van der Waals surface area contributed by atoms with Crippen molar-refractivity contribution in [3.8, 4) is 6.07 Å². The van der Waals surface area contributed by atoms with Crippen LogP contribution in [0.25, 0.3) is 0 Å². The van der Waals surface area contributed by atoms with Gasteiger partial charge in [-0.2, -0.15) is 5.26 Å². The molecule has 0 spiro atoms. The fourth-order valence-electron chi connectivity index (χ4n) is 2.19. The summed E-state index contributed by atoms with van der Waals surface area (Å²) in [6.45, 7) is 0.